The first-order chi connectivity index (χ1) is 11.7. The number of hydrogen-bond acceptors (Lipinski definition) is 2. The van der Waals surface area contributed by atoms with Crippen molar-refractivity contribution in [2.24, 2.45) is 5.92 Å². The van der Waals surface area contributed by atoms with Crippen molar-refractivity contribution in [1.82, 2.24) is 9.88 Å². The number of carbonyl (C=O) groups is 2. The van der Waals surface area contributed by atoms with Gasteiger partial charge in [-0.3, -0.25) is 9.59 Å². The minimum atomic E-state index is -0.363. The van der Waals surface area contributed by atoms with Gasteiger partial charge in [-0.2, -0.15) is 0 Å². The second-order valence-corrected chi connectivity index (χ2v) is 6.60. The van der Waals surface area contributed by atoms with Gasteiger partial charge in [-0.15, -0.1) is 0 Å². The Kier molecular flexibility index (Phi) is 3.84. The molecule has 5 heteroatoms. The summed E-state index contributed by atoms with van der Waals surface area (Å²) in [5.41, 5.74) is 1.82. The molecule has 1 fully saturated rings. The normalized spacial score (nSPS) is 21.6. The number of H-pyrrole nitrogens is 1. The zero-order valence-electron chi connectivity index (χ0n) is 13.5. The minimum absolute atomic E-state index is 0.0711. The van der Waals surface area contributed by atoms with Crippen LogP contribution in [0.25, 0.3) is 10.9 Å². The average molecular weight is 323 g/mol. The highest BCUT2D eigenvalue weighted by Gasteiger charge is 2.40. The van der Waals surface area contributed by atoms with Crippen molar-refractivity contribution in [3.63, 3.8) is 0 Å². The van der Waals surface area contributed by atoms with Crippen LogP contribution in [0.1, 0.15) is 25.7 Å². The molecule has 2 aliphatic rings. The molecule has 1 aliphatic heterocycles. The topological polar surface area (TPSA) is 65.2 Å². The number of nitrogens with zero attached hydrogens (tertiary/aromatic N) is 1. The summed E-state index contributed by atoms with van der Waals surface area (Å²) in [5.74, 6) is 0.222. The standard InChI is InChI=1S/C19H21N3O2/c23-17-9-11-22(17)18(13-4-2-1-3-5-13)19(24)21-15-6-7-16-14(12-15)8-10-20-16/h1-2,6-8,10,12-13,18,20H,3-5,9,11H2,(H,21,24)/t13-,18-/m1/s1. The molecule has 1 aromatic carbocycles. The van der Waals surface area contributed by atoms with Gasteiger partial charge in [-0.1, -0.05) is 12.2 Å². The fraction of sp³-hybridized carbons (Fsp3) is 0.368. The van der Waals surface area contributed by atoms with Crippen LogP contribution < -0.4 is 5.32 Å². The SMILES string of the molecule is O=C(Nc1ccc2[nH]ccc2c1)[C@@H]([C@@H]1CC=CCC1)N1CCC1=O. The number of aromatic amines is 1. The van der Waals surface area contributed by atoms with Gasteiger partial charge >= 0.3 is 0 Å². The zero-order chi connectivity index (χ0) is 16.5. The number of aromatic nitrogens is 1. The van der Waals surface area contributed by atoms with Crippen molar-refractivity contribution in [2.75, 3.05) is 11.9 Å². The Hall–Kier alpha value is -2.56. The third-order valence-electron chi connectivity index (χ3n) is 5.07. The number of allylic oxidation sites excluding steroid dienone is 2. The smallest absolute Gasteiger partial charge is 0.247 e. The summed E-state index contributed by atoms with van der Waals surface area (Å²) < 4.78 is 0. The highest BCUT2D eigenvalue weighted by Crippen LogP contribution is 2.29. The summed E-state index contributed by atoms with van der Waals surface area (Å²) in [6.45, 7) is 0.688. The van der Waals surface area contributed by atoms with Gasteiger partial charge in [0, 0.05) is 35.8 Å². The predicted octanol–water partition coefficient (Wildman–Crippen LogP) is 3.06. The molecule has 124 valence electrons. The summed E-state index contributed by atoms with van der Waals surface area (Å²) in [7, 11) is 0. The van der Waals surface area contributed by atoms with Crippen LogP contribution >= 0.6 is 0 Å². The number of benzene rings is 1. The van der Waals surface area contributed by atoms with Crippen molar-refractivity contribution >= 4 is 28.4 Å². The van der Waals surface area contributed by atoms with Crippen LogP contribution in [0.3, 0.4) is 0 Å². The summed E-state index contributed by atoms with van der Waals surface area (Å²) >= 11 is 0. The Morgan fingerprint density at radius 1 is 1.29 bits per heavy atom. The van der Waals surface area contributed by atoms with E-state index in [1.54, 1.807) is 4.90 Å². The first kappa shape index (κ1) is 15.0. The Bertz CT molecular complexity index is 808. The molecule has 2 heterocycles. The molecule has 0 radical (unpaired) electrons. The summed E-state index contributed by atoms with van der Waals surface area (Å²) in [6.07, 6.45) is 9.52. The lowest BCUT2D eigenvalue weighted by Crippen LogP contribution is -2.57. The maximum atomic E-state index is 12.9. The third kappa shape index (κ3) is 2.70. The van der Waals surface area contributed by atoms with Gasteiger partial charge in [-0.25, -0.2) is 0 Å². The molecule has 2 aromatic rings. The van der Waals surface area contributed by atoms with Crippen molar-refractivity contribution in [1.29, 1.82) is 0 Å². The summed E-state index contributed by atoms with van der Waals surface area (Å²) in [5, 5.41) is 4.08. The lowest BCUT2D eigenvalue weighted by Gasteiger charge is -2.41. The quantitative estimate of drug-likeness (QED) is 0.671. The molecule has 0 bridgehead atoms. The molecular weight excluding hydrogens is 302 g/mol. The Morgan fingerprint density at radius 2 is 2.21 bits per heavy atom. The molecule has 1 aromatic heterocycles. The monoisotopic (exact) mass is 323 g/mol. The Morgan fingerprint density at radius 3 is 2.92 bits per heavy atom. The molecule has 2 N–H and O–H groups in total. The van der Waals surface area contributed by atoms with Gasteiger partial charge in [0.2, 0.25) is 11.8 Å². The van der Waals surface area contributed by atoms with E-state index in [9.17, 15) is 9.59 Å². The molecule has 1 aliphatic carbocycles. The van der Waals surface area contributed by atoms with Gasteiger partial charge in [0.05, 0.1) is 0 Å². The van der Waals surface area contributed by atoms with E-state index in [0.717, 1.165) is 35.9 Å². The van der Waals surface area contributed by atoms with Gasteiger partial charge in [0.25, 0.3) is 0 Å². The average Bonchev–Trinajstić information content (AvgIpc) is 3.06. The molecule has 2 atom stereocenters. The van der Waals surface area contributed by atoms with E-state index >= 15 is 0 Å². The second kappa shape index (κ2) is 6.15. The summed E-state index contributed by atoms with van der Waals surface area (Å²) in [4.78, 5) is 29.8. The maximum Gasteiger partial charge on any atom is 0.247 e. The van der Waals surface area contributed by atoms with Crippen LogP contribution in [0.2, 0.25) is 0 Å². The van der Waals surface area contributed by atoms with E-state index in [0.29, 0.717) is 13.0 Å². The molecule has 5 nitrogen and oxygen atoms in total. The highest BCUT2D eigenvalue weighted by atomic mass is 16.2. The molecule has 0 saturated carbocycles. The fourth-order valence-electron chi connectivity index (χ4n) is 3.69. The van der Waals surface area contributed by atoms with Gasteiger partial charge in [-0.05, 0) is 49.4 Å². The van der Waals surface area contributed by atoms with E-state index in [1.807, 2.05) is 30.5 Å². The van der Waals surface area contributed by atoms with E-state index in [2.05, 4.69) is 22.5 Å². The summed E-state index contributed by atoms with van der Waals surface area (Å²) in [6, 6.07) is 7.43. The number of nitrogens with one attached hydrogen (secondary N) is 2. The molecule has 4 rings (SSSR count). The van der Waals surface area contributed by atoms with E-state index in [1.165, 1.54) is 0 Å². The van der Waals surface area contributed by atoms with Crippen molar-refractivity contribution < 1.29 is 9.59 Å². The van der Waals surface area contributed by atoms with Crippen molar-refractivity contribution in [3.8, 4) is 0 Å². The lowest BCUT2D eigenvalue weighted by molar-refractivity contribution is -0.149. The largest absolute Gasteiger partial charge is 0.361 e. The number of anilines is 1. The number of amides is 2. The number of β-lactam (4-membered cyclic amide) rings is 1. The van der Waals surface area contributed by atoms with Crippen molar-refractivity contribution in [2.45, 2.75) is 31.7 Å². The number of carbonyl (C=O) groups excluding carboxylic acids is 2. The molecule has 24 heavy (non-hydrogen) atoms. The van der Waals surface area contributed by atoms with Gasteiger partial charge in [0.15, 0.2) is 0 Å². The Balaban J connectivity index is 1.55. The number of hydrogen-bond donors (Lipinski definition) is 2. The first-order valence-electron chi connectivity index (χ1n) is 8.55. The van der Waals surface area contributed by atoms with Gasteiger partial charge < -0.3 is 15.2 Å². The van der Waals surface area contributed by atoms with E-state index in [-0.39, 0.29) is 23.8 Å². The molecule has 1 saturated heterocycles. The lowest BCUT2D eigenvalue weighted by atomic mass is 9.85. The third-order valence-corrected chi connectivity index (χ3v) is 5.07. The van der Waals surface area contributed by atoms with Crippen LogP contribution in [-0.4, -0.2) is 34.3 Å². The maximum absolute atomic E-state index is 12.9. The predicted molar refractivity (Wildman–Crippen MR) is 93.5 cm³/mol. The number of likely N-dealkylation sites (tertiary alicyclic amines) is 1. The highest BCUT2D eigenvalue weighted by molar-refractivity contribution is 5.99. The fourth-order valence-corrected chi connectivity index (χ4v) is 3.69. The minimum Gasteiger partial charge on any atom is -0.361 e. The molecular formula is C19H21N3O2. The van der Waals surface area contributed by atoms with Crippen molar-refractivity contribution in [3.05, 3.63) is 42.6 Å². The van der Waals surface area contributed by atoms with Crippen LogP contribution in [0.15, 0.2) is 42.6 Å². The number of rotatable bonds is 4. The molecule has 0 spiro atoms. The molecule has 0 unspecified atom stereocenters. The van der Waals surface area contributed by atoms with E-state index < -0.39 is 0 Å². The van der Waals surface area contributed by atoms with E-state index in [4.69, 9.17) is 0 Å². The van der Waals surface area contributed by atoms with Crippen LogP contribution in [0, 0.1) is 5.92 Å². The molecule has 2 amide bonds. The number of fused-ring (bicyclic) bond motifs is 1. The van der Waals surface area contributed by atoms with Gasteiger partial charge in [0.1, 0.15) is 6.04 Å². The van der Waals surface area contributed by atoms with Crippen LogP contribution in [0.4, 0.5) is 5.69 Å². The van der Waals surface area contributed by atoms with Crippen LogP contribution in [-0.2, 0) is 9.59 Å². The van der Waals surface area contributed by atoms with Crippen LogP contribution in [0.5, 0.6) is 0 Å². The zero-order valence-corrected chi connectivity index (χ0v) is 13.5. The second-order valence-electron chi connectivity index (χ2n) is 6.60. The Labute approximate surface area is 140 Å². The first-order valence-corrected chi connectivity index (χ1v) is 8.55.